The molecule has 0 radical (unpaired) electrons. The molecule has 0 aromatic heterocycles. The Bertz CT molecular complexity index is 910. The molecule has 0 heterocycles. The Balaban J connectivity index is 2.06. The highest BCUT2D eigenvalue weighted by molar-refractivity contribution is 6.06. The van der Waals surface area contributed by atoms with Gasteiger partial charge in [0.1, 0.15) is 12.3 Å². The Morgan fingerprint density at radius 3 is 2.00 bits per heavy atom. The van der Waals surface area contributed by atoms with Crippen LogP contribution in [0.1, 0.15) is 15.9 Å². The van der Waals surface area contributed by atoms with Gasteiger partial charge in [0.25, 0.3) is 5.91 Å². The van der Waals surface area contributed by atoms with Gasteiger partial charge in [0.2, 0.25) is 5.91 Å². The van der Waals surface area contributed by atoms with Crippen LogP contribution in [-0.4, -0.2) is 52.8 Å². The first-order chi connectivity index (χ1) is 14.4. The molecule has 0 aliphatic heterocycles. The van der Waals surface area contributed by atoms with E-state index < -0.39 is 11.9 Å². The average Bonchev–Trinajstić information content (AvgIpc) is 2.77. The van der Waals surface area contributed by atoms with E-state index in [0.717, 1.165) is 5.56 Å². The number of hydrogen-bond acceptors (Lipinski definition) is 7. The Kier molecular flexibility index (Phi) is 8.04. The molecule has 2 N–H and O–H groups in total. The van der Waals surface area contributed by atoms with Crippen LogP contribution >= 0.6 is 0 Å². The van der Waals surface area contributed by atoms with Crippen LogP contribution in [0, 0.1) is 0 Å². The molecule has 0 fully saturated rings. The van der Waals surface area contributed by atoms with Crippen molar-refractivity contribution in [2.24, 2.45) is 0 Å². The molecule has 0 atom stereocenters. The number of ether oxygens (including phenoxy) is 4. The summed E-state index contributed by atoms with van der Waals surface area (Å²) in [5.74, 6) is -0.0443. The normalized spacial score (nSPS) is 10.0. The fourth-order valence-electron chi connectivity index (χ4n) is 2.60. The van der Waals surface area contributed by atoms with Gasteiger partial charge in [-0.2, -0.15) is 0 Å². The Morgan fingerprint density at radius 2 is 1.43 bits per heavy atom. The summed E-state index contributed by atoms with van der Waals surface area (Å²) in [4.78, 5) is 35.6. The first-order valence-electron chi connectivity index (χ1n) is 8.95. The van der Waals surface area contributed by atoms with Crippen LogP contribution in [-0.2, 0) is 20.7 Å². The van der Waals surface area contributed by atoms with Crippen LogP contribution in [0.2, 0.25) is 0 Å². The molecule has 30 heavy (non-hydrogen) atoms. The largest absolute Gasteiger partial charge is 0.496 e. The summed E-state index contributed by atoms with van der Waals surface area (Å²) in [7, 11) is 5.68. The monoisotopic (exact) mass is 416 g/mol. The molecule has 0 unspecified atom stereocenters. The Labute approximate surface area is 174 Å². The summed E-state index contributed by atoms with van der Waals surface area (Å²) in [5, 5.41) is 5.24. The lowest BCUT2D eigenvalue weighted by atomic mass is 10.1. The molecule has 0 spiro atoms. The van der Waals surface area contributed by atoms with Gasteiger partial charge in [0.05, 0.1) is 40.4 Å². The summed E-state index contributed by atoms with van der Waals surface area (Å²) < 4.78 is 20.2. The number of amides is 2. The first-order valence-corrected chi connectivity index (χ1v) is 8.95. The van der Waals surface area contributed by atoms with Crippen molar-refractivity contribution in [1.82, 2.24) is 5.32 Å². The fourth-order valence-corrected chi connectivity index (χ4v) is 2.60. The molecule has 0 aliphatic carbocycles. The average molecular weight is 416 g/mol. The van der Waals surface area contributed by atoms with Gasteiger partial charge in [0.15, 0.2) is 11.5 Å². The Morgan fingerprint density at radius 1 is 0.833 bits per heavy atom. The molecule has 160 valence electrons. The third-order valence-corrected chi connectivity index (χ3v) is 4.18. The second kappa shape index (κ2) is 10.7. The quantitative estimate of drug-likeness (QED) is 0.600. The number of hydrogen-bond donors (Lipinski definition) is 2. The standard InChI is InChI=1S/C21H24N2O7/c1-27-16-11-18(29-3)17(28-2)10-15(16)21(26)23-14-7-5-13(6-8-14)9-19(24)22-12-20(25)30-4/h5-8,10-11H,9,12H2,1-4H3,(H,22,24)(H,23,26). The van der Waals surface area contributed by atoms with Crippen LogP contribution in [0.5, 0.6) is 17.2 Å². The van der Waals surface area contributed by atoms with Gasteiger partial charge >= 0.3 is 5.97 Å². The van der Waals surface area contributed by atoms with E-state index in [1.807, 2.05) is 0 Å². The maximum absolute atomic E-state index is 12.7. The zero-order valence-electron chi connectivity index (χ0n) is 17.2. The molecular weight excluding hydrogens is 392 g/mol. The highest BCUT2D eigenvalue weighted by atomic mass is 16.5. The van der Waals surface area contributed by atoms with Crippen LogP contribution < -0.4 is 24.8 Å². The van der Waals surface area contributed by atoms with Crippen LogP contribution in [0.25, 0.3) is 0 Å². The van der Waals surface area contributed by atoms with Crippen molar-refractivity contribution >= 4 is 23.5 Å². The molecule has 0 saturated carbocycles. The molecule has 2 aromatic rings. The third-order valence-electron chi connectivity index (χ3n) is 4.18. The van der Waals surface area contributed by atoms with Crippen LogP contribution in [0.15, 0.2) is 36.4 Å². The molecule has 9 heteroatoms. The second-order valence-electron chi connectivity index (χ2n) is 6.09. The van der Waals surface area contributed by atoms with Gasteiger partial charge in [-0.3, -0.25) is 14.4 Å². The number of benzene rings is 2. The van der Waals surface area contributed by atoms with Gasteiger partial charge in [-0.25, -0.2) is 0 Å². The molecule has 9 nitrogen and oxygen atoms in total. The minimum atomic E-state index is -0.521. The number of anilines is 1. The summed E-state index contributed by atoms with van der Waals surface area (Å²) in [6, 6.07) is 9.87. The molecular formula is C21H24N2O7. The van der Waals surface area contributed by atoms with Crippen molar-refractivity contribution in [2.75, 3.05) is 40.3 Å². The number of esters is 1. The predicted molar refractivity (Wildman–Crippen MR) is 109 cm³/mol. The summed E-state index contributed by atoms with van der Waals surface area (Å²) in [6.07, 6.45) is 0.0920. The third kappa shape index (κ3) is 5.87. The molecule has 2 amide bonds. The van der Waals surface area contributed by atoms with Crippen molar-refractivity contribution in [1.29, 1.82) is 0 Å². The van der Waals surface area contributed by atoms with Crippen LogP contribution in [0.4, 0.5) is 5.69 Å². The van der Waals surface area contributed by atoms with Gasteiger partial charge in [-0.15, -0.1) is 0 Å². The van der Waals surface area contributed by atoms with E-state index in [-0.39, 0.29) is 24.4 Å². The second-order valence-corrected chi connectivity index (χ2v) is 6.09. The molecule has 2 aromatic carbocycles. The zero-order valence-corrected chi connectivity index (χ0v) is 17.2. The maximum atomic E-state index is 12.7. The molecule has 0 bridgehead atoms. The number of carbonyl (C=O) groups excluding carboxylic acids is 3. The van der Waals surface area contributed by atoms with E-state index >= 15 is 0 Å². The number of nitrogens with one attached hydrogen (secondary N) is 2. The van der Waals surface area contributed by atoms with E-state index in [1.54, 1.807) is 30.3 Å². The highest BCUT2D eigenvalue weighted by Gasteiger charge is 2.18. The summed E-state index contributed by atoms with van der Waals surface area (Å²) >= 11 is 0. The minimum Gasteiger partial charge on any atom is -0.496 e. The lowest BCUT2D eigenvalue weighted by molar-refractivity contribution is -0.141. The summed E-state index contributed by atoms with van der Waals surface area (Å²) in [5.41, 5.74) is 1.54. The smallest absolute Gasteiger partial charge is 0.325 e. The van der Waals surface area contributed by atoms with Crippen molar-refractivity contribution in [3.63, 3.8) is 0 Å². The zero-order chi connectivity index (χ0) is 22.1. The number of rotatable bonds is 9. The molecule has 0 aliphatic rings. The molecule has 0 saturated heterocycles. The van der Waals surface area contributed by atoms with Crippen molar-refractivity contribution in [2.45, 2.75) is 6.42 Å². The Hall–Kier alpha value is -3.75. The first kappa shape index (κ1) is 22.5. The summed E-state index contributed by atoms with van der Waals surface area (Å²) in [6.45, 7) is -0.184. The number of methoxy groups -OCH3 is 4. The van der Waals surface area contributed by atoms with Gasteiger partial charge in [-0.1, -0.05) is 12.1 Å². The topological polar surface area (TPSA) is 112 Å². The fraction of sp³-hybridized carbons (Fsp3) is 0.286. The van der Waals surface area contributed by atoms with E-state index in [2.05, 4.69) is 15.4 Å². The lowest BCUT2D eigenvalue weighted by Gasteiger charge is -2.14. The van der Waals surface area contributed by atoms with E-state index in [4.69, 9.17) is 14.2 Å². The predicted octanol–water partition coefficient (Wildman–Crippen LogP) is 1.80. The molecule has 2 rings (SSSR count). The SMILES string of the molecule is COC(=O)CNC(=O)Cc1ccc(NC(=O)c2cc(OC)c(OC)cc2OC)cc1. The number of carbonyl (C=O) groups is 3. The van der Waals surface area contributed by atoms with Crippen molar-refractivity contribution in [3.05, 3.63) is 47.5 Å². The van der Waals surface area contributed by atoms with Crippen molar-refractivity contribution in [3.8, 4) is 17.2 Å². The van der Waals surface area contributed by atoms with Crippen molar-refractivity contribution < 1.29 is 33.3 Å². The highest BCUT2D eigenvalue weighted by Crippen LogP contribution is 2.34. The van der Waals surface area contributed by atoms with Gasteiger partial charge < -0.3 is 29.6 Å². The van der Waals surface area contributed by atoms with Gasteiger partial charge in [0, 0.05) is 17.8 Å². The van der Waals surface area contributed by atoms with E-state index in [1.165, 1.54) is 34.5 Å². The maximum Gasteiger partial charge on any atom is 0.325 e. The van der Waals surface area contributed by atoms with Crippen LogP contribution in [0.3, 0.4) is 0 Å². The van der Waals surface area contributed by atoms with Gasteiger partial charge in [-0.05, 0) is 17.7 Å². The van der Waals surface area contributed by atoms with E-state index in [0.29, 0.717) is 22.9 Å². The lowest BCUT2D eigenvalue weighted by Crippen LogP contribution is -2.31. The minimum absolute atomic E-state index is 0.0920. The van der Waals surface area contributed by atoms with E-state index in [9.17, 15) is 14.4 Å².